The SMILES string of the molecule is CC1(C)CCC(C)(C(F)(F)C(F)(F)C2(C)COC(C)(C)OC2)CC1. The molecule has 0 radical (unpaired) electrons. The van der Waals surface area contributed by atoms with Crippen LogP contribution in [0.4, 0.5) is 17.6 Å². The van der Waals surface area contributed by atoms with E-state index < -0.39 is 41.7 Å². The van der Waals surface area contributed by atoms with E-state index in [4.69, 9.17) is 9.47 Å². The summed E-state index contributed by atoms with van der Waals surface area (Å²) in [5.41, 5.74) is -3.85. The highest BCUT2D eigenvalue weighted by Gasteiger charge is 2.74. The van der Waals surface area contributed by atoms with Crippen molar-refractivity contribution in [3.63, 3.8) is 0 Å². The van der Waals surface area contributed by atoms with Gasteiger partial charge in [0.1, 0.15) is 0 Å². The molecule has 142 valence electrons. The molecule has 0 spiro atoms. The molecule has 0 unspecified atom stereocenters. The fraction of sp³-hybridized carbons (Fsp3) is 1.00. The molecule has 2 rings (SSSR count). The van der Waals surface area contributed by atoms with Gasteiger partial charge in [0.25, 0.3) is 0 Å². The number of ether oxygens (including phenoxy) is 2. The Bertz CT molecular complexity index is 421. The second kappa shape index (κ2) is 5.57. The van der Waals surface area contributed by atoms with E-state index >= 15 is 17.6 Å². The van der Waals surface area contributed by atoms with Gasteiger partial charge in [-0.15, -0.1) is 0 Å². The number of halogens is 4. The number of rotatable bonds is 3. The van der Waals surface area contributed by atoms with Gasteiger partial charge < -0.3 is 9.47 Å². The molecule has 2 nitrogen and oxygen atoms in total. The minimum Gasteiger partial charge on any atom is -0.350 e. The maximum atomic E-state index is 15.1. The molecule has 1 heterocycles. The molecule has 24 heavy (non-hydrogen) atoms. The maximum Gasteiger partial charge on any atom is 0.320 e. The molecule has 0 amide bonds. The van der Waals surface area contributed by atoms with Gasteiger partial charge in [0.15, 0.2) is 5.79 Å². The highest BCUT2D eigenvalue weighted by atomic mass is 19.3. The zero-order valence-electron chi connectivity index (χ0n) is 15.6. The molecule has 0 aromatic carbocycles. The smallest absolute Gasteiger partial charge is 0.320 e. The highest BCUT2D eigenvalue weighted by Crippen LogP contribution is 2.61. The lowest BCUT2D eigenvalue weighted by molar-refractivity contribution is -0.371. The van der Waals surface area contributed by atoms with Crippen molar-refractivity contribution in [1.82, 2.24) is 0 Å². The van der Waals surface area contributed by atoms with Crippen molar-refractivity contribution in [2.45, 2.75) is 84.9 Å². The Morgan fingerprint density at radius 3 is 1.42 bits per heavy atom. The topological polar surface area (TPSA) is 18.5 Å². The van der Waals surface area contributed by atoms with Gasteiger partial charge in [-0.3, -0.25) is 0 Å². The number of hydrogen-bond acceptors (Lipinski definition) is 2. The van der Waals surface area contributed by atoms with E-state index in [0.29, 0.717) is 12.8 Å². The van der Waals surface area contributed by atoms with Crippen molar-refractivity contribution < 1.29 is 27.0 Å². The molecule has 1 saturated heterocycles. The number of alkyl halides is 4. The summed E-state index contributed by atoms with van der Waals surface area (Å²) < 4.78 is 70.8. The molecule has 0 atom stereocenters. The summed E-state index contributed by atoms with van der Waals surface area (Å²) in [5.74, 6) is -9.37. The predicted octanol–water partition coefficient (Wildman–Crippen LogP) is 5.65. The summed E-state index contributed by atoms with van der Waals surface area (Å²) in [6, 6.07) is 0. The Labute approximate surface area is 142 Å². The lowest BCUT2D eigenvalue weighted by Crippen LogP contribution is -2.65. The van der Waals surface area contributed by atoms with Crippen molar-refractivity contribution in [2.24, 2.45) is 16.2 Å². The predicted molar refractivity (Wildman–Crippen MR) is 84.3 cm³/mol. The molecule has 2 aliphatic rings. The van der Waals surface area contributed by atoms with E-state index in [1.165, 1.54) is 6.92 Å². The molecule has 1 aliphatic heterocycles. The van der Waals surface area contributed by atoms with Crippen molar-refractivity contribution in [1.29, 1.82) is 0 Å². The van der Waals surface area contributed by atoms with E-state index in [9.17, 15) is 0 Å². The molecule has 2 fully saturated rings. The third kappa shape index (κ3) is 3.09. The molecule has 0 N–H and O–H groups in total. The standard InChI is InChI=1S/C18H30F4O2/c1-13(2)7-9-15(5,10-8-13)17(19,20)18(21,22)16(6)11-23-14(3,4)24-12-16/h7-12H2,1-6H3. The van der Waals surface area contributed by atoms with Crippen LogP contribution in [0.25, 0.3) is 0 Å². The van der Waals surface area contributed by atoms with Crippen LogP contribution in [0.2, 0.25) is 0 Å². The molecular weight excluding hydrogens is 324 g/mol. The van der Waals surface area contributed by atoms with Gasteiger partial charge in [-0.1, -0.05) is 20.8 Å². The average molecular weight is 354 g/mol. The van der Waals surface area contributed by atoms with Crippen molar-refractivity contribution >= 4 is 0 Å². The van der Waals surface area contributed by atoms with Crippen molar-refractivity contribution in [2.75, 3.05) is 13.2 Å². The fourth-order valence-electron chi connectivity index (χ4n) is 3.48. The quantitative estimate of drug-likeness (QED) is 0.610. The highest BCUT2D eigenvalue weighted by molar-refractivity contribution is 5.08. The van der Waals surface area contributed by atoms with E-state index in [0.717, 1.165) is 6.92 Å². The van der Waals surface area contributed by atoms with Crippen molar-refractivity contribution in [3.8, 4) is 0 Å². The first-order valence-electron chi connectivity index (χ1n) is 8.61. The largest absolute Gasteiger partial charge is 0.350 e. The first kappa shape index (κ1) is 20.0. The van der Waals surface area contributed by atoms with Crippen LogP contribution in [-0.4, -0.2) is 30.8 Å². The molecule has 1 saturated carbocycles. The van der Waals surface area contributed by atoms with Crippen LogP contribution in [0.1, 0.15) is 67.2 Å². The van der Waals surface area contributed by atoms with E-state index in [2.05, 4.69) is 0 Å². The van der Waals surface area contributed by atoms with Crippen LogP contribution in [0, 0.1) is 16.2 Å². The second-order valence-electron chi connectivity index (χ2n) is 9.41. The van der Waals surface area contributed by atoms with Gasteiger partial charge in [-0.25, -0.2) is 0 Å². The minimum absolute atomic E-state index is 0.0735. The molecular formula is C18H30F4O2. The van der Waals surface area contributed by atoms with E-state index in [-0.39, 0.29) is 18.3 Å². The van der Waals surface area contributed by atoms with Gasteiger partial charge >= 0.3 is 11.8 Å². The monoisotopic (exact) mass is 354 g/mol. The third-order valence-electron chi connectivity index (χ3n) is 6.09. The Morgan fingerprint density at radius 1 is 0.625 bits per heavy atom. The lowest BCUT2D eigenvalue weighted by atomic mass is 9.60. The molecule has 6 heteroatoms. The van der Waals surface area contributed by atoms with Gasteiger partial charge in [-0.05, 0) is 51.9 Å². The van der Waals surface area contributed by atoms with Gasteiger partial charge in [0.05, 0.1) is 18.6 Å². The zero-order chi connectivity index (χ0) is 18.7. The summed E-state index contributed by atoms with van der Waals surface area (Å²) in [6.45, 7) is 8.69. The van der Waals surface area contributed by atoms with E-state index in [1.54, 1.807) is 13.8 Å². The van der Waals surface area contributed by atoms with Gasteiger partial charge in [0, 0.05) is 5.41 Å². The summed E-state index contributed by atoms with van der Waals surface area (Å²) in [5, 5.41) is 0. The van der Waals surface area contributed by atoms with Gasteiger partial charge in [0.2, 0.25) is 0 Å². The first-order valence-corrected chi connectivity index (χ1v) is 8.61. The van der Waals surface area contributed by atoms with Crippen LogP contribution >= 0.6 is 0 Å². The summed E-state index contributed by atoms with van der Waals surface area (Å²) >= 11 is 0. The summed E-state index contributed by atoms with van der Waals surface area (Å²) in [7, 11) is 0. The van der Waals surface area contributed by atoms with Gasteiger partial charge in [-0.2, -0.15) is 17.6 Å². The van der Waals surface area contributed by atoms with Crippen LogP contribution in [0.3, 0.4) is 0 Å². The summed E-state index contributed by atoms with van der Waals surface area (Å²) in [6.07, 6.45) is 1.22. The Hall–Kier alpha value is -0.360. The summed E-state index contributed by atoms with van der Waals surface area (Å²) in [4.78, 5) is 0. The van der Waals surface area contributed by atoms with Crippen molar-refractivity contribution in [3.05, 3.63) is 0 Å². The van der Waals surface area contributed by atoms with Crippen LogP contribution in [0.5, 0.6) is 0 Å². The third-order valence-corrected chi connectivity index (χ3v) is 6.09. The van der Waals surface area contributed by atoms with E-state index in [1.807, 2.05) is 13.8 Å². The first-order chi connectivity index (χ1) is 10.6. The maximum absolute atomic E-state index is 15.1. The molecule has 1 aliphatic carbocycles. The van der Waals surface area contributed by atoms with Crippen LogP contribution < -0.4 is 0 Å². The Morgan fingerprint density at radius 2 is 1.00 bits per heavy atom. The van der Waals surface area contributed by atoms with Crippen LogP contribution in [0.15, 0.2) is 0 Å². The lowest BCUT2D eigenvalue weighted by Gasteiger charge is -2.53. The zero-order valence-corrected chi connectivity index (χ0v) is 15.6. The minimum atomic E-state index is -4.22. The van der Waals surface area contributed by atoms with Crippen LogP contribution in [-0.2, 0) is 9.47 Å². The molecule has 0 aromatic heterocycles. The molecule has 0 aromatic rings. The Kier molecular flexibility index (Phi) is 4.63. The average Bonchev–Trinajstić information content (AvgIpc) is 2.45. The number of hydrogen-bond donors (Lipinski definition) is 0. The molecule has 0 bridgehead atoms. The fourth-order valence-corrected chi connectivity index (χ4v) is 3.48. The second-order valence-corrected chi connectivity index (χ2v) is 9.41. The normalized spacial score (nSPS) is 29.2. The Balaban J connectivity index is 2.26.